The molecule has 16 N–H and O–H groups in total. The molecule has 420 valence electrons. The Morgan fingerprint density at radius 2 is 0.600 bits per heavy atom. The molecule has 0 bridgehead atoms. The molecule has 4 aliphatic heterocycles. The summed E-state index contributed by atoms with van der Waals surface area (Å²) in [6.45, 7) is 58.7. The number of nitrogens with zero attached hydrogens (tertiary/aromatic N) is 8. The Hall–Kier alpha value is -0.640. The van der Waals surface area contributed by atoms with Gasteiger partial charge in [-0.25, -0.2) is 0 Å². The third kappa shape index (κ3) is 23.1. The molecule has 16 heteroatoms. The highest BCUT2D eigenvalue weighted by atomic mass is 15.3. The number of hydrogen-bond donors (Lipinski definition) is 8. The Bertz CT molecular complexity index is 1260. The summed E-state index contributed by atoms with van der Waals surface area (Å²) in [7, 11) is 0. The van der Waals surface area contributed by atoms with Gasteiger partial charge in [-0.1, -0.05) is 13.8 Å². The van der Waals surface area contributed by atoms with Gasteiger partial charge in [0.2, 0.25) is 0 Å². The van der Waals surface area contributed by atoms with Gasteiger partial charge in [-0.15, -0.1) is 0 Å². The second-order valence-corrected chi connectivity index (χ2v) is 24.8. The maximum Gasteiger partial charge on any atom is 0.0226 e. The average molecular weight is 998 g/mol. The fraction of sp³-hybridized carbons (Fsp3) is 1.00. The molecule has 0 aromatic heterocycles. The van der Waals surface area contributed by atoms with Crippen LogP contribution in [-0.2, 0) is 0 Å². The van der Waals surface area contributed by atoms with E-state index in [1.54, 1.807) is 0 Å². The Balaban J connectivity index is 0.000000467. The van der Waals surface area contributed by atoms with Crippen molar-refractivity contribution in [2.24, 2.45) is 45.9 Å². The minimum Gasteiger partial charge on any atom is -0.327 e. The lowest BCUT2D eigenvalue weighted by Gasteiger charge is -2.50. The highest BCUT2D eigenvalue weighted by Crippen LogP contribution is 2.24. The molecule has 0 aromatic rings. The molecule has 0 spiro atoms. The summed E-state index contributed by atoms with van der Waals surface area (Å²) >= 11 is 0. The lowest BCUT2D eigenvalue weighted by molar-refractivity contribution is -0.0140. The van der Waals surface area contributed by atoms with Crippen LogP contribution in [-0.4, -0.2) is 239 Å². The summed E-state index contributed by atoms with van der Waals surface area (Å²) in [5, 5.41) is 0. The Morgan fingerprint density at radius 1 is 0.371 bits per heavy atom. The molecule has 16 nitrogen and oxygen atoms in total. The highest BCUT2D eigenvalue weighted by molar-refractivity contribution is 4.96. The van der Waals surface area contributed by atoms with Crippen molar-refractivity contribution in [3.63, 3.8) is 0 Å². The van der Waals surface area contributed by atoms with E-state index in [1.165, 1.54) is 0 Å². The monoisotopic (exact) mass is 997 g/mol. The second-order valence-electron chi connectivity index (χ2n) is 24.8. The zero-order chi connectivity index (χ0) is 54.2. The van der Waals surface area contributed by atoms with E-state index in [4.69, 9.17) is 45.9 Å². The van der Waals surface area contributed by atoms with Gasteiger partial charge in [-0.05, 0) is 137 Å². The van der Waals surface area contributed by atoms with Crippen LogP contribution < -0.4 is 45.9 Å². The van der Waals surface area contributed by atoms with E-state index in [9.17, 15) is 0 Å². The Kier molecular flexibility index (Phi) is 30.2. The van der Waals surface area contributed by atoms with Gasteiger partial charge in [0.25, 0.3) is 0 Å². The van der Waals surface area contributed by atoms with E-state index in [0.29, 0.717) is 72.5 Å². The molecule has 70 heavy (non-hydrogen) atoms. The standard InChI is InChI=1S/3C14H32N4.C12H28N4/c1-11-12(2)18(10-14(5,6)16)8-7-17(11)9-13(3,4)15;1-9(15)11(3)17-7-8-18(12(4)10(2)16)14(6)13(17)5;1-5-13(15)9-17-7-8-18(10-14(16)6-2)12(4)11(17)3;1-9(13)7-15-5-6-16(8-10(2)14)12(4)11(15)3/h11-12H,7-10,15-16H2,1-6H3;9-14H,7-8,15-16H2,1-6H3;11-14H,5-10,15-16H2,1-4H3;9-12H,5-8,13-14H2,1-4H3. The molecule has 4 fully saturated rings. The molecular weight excluding hydrogens is 873 g/mol. The average Bonchev–Trinajstić information content (AvgIpc) is 3.25. The summed E-state index contributed by atoms with van der Waals surface area (Å²) in [4.78, 5) is 20.1. The topological polar surface area (TPSA) is 234 Å². The fourth-order valence-electron chi connectivity index (χ4n) is 10.9. The van der Waals surface area contributed by atoms with Gasteiger partial charge in [0.15, 0.2) is 0 Å². The van der Waals surface area contributed by atoms with Crippen LogP contribution in [0.4, 0.5) is 0 Å². The third-order valence-corrected chi connectivity index (χ3v) is 16.8. The van der Waals surface area contributed by atoms with Crippen LogP contribution >= 0.6 is 0 Å². The van der Waals surface area contributed by atoms with Crippen molar-refractivity contribution in [3.05, 3.63) is 0 Å². The maximum absolute atomic E-state index is 6.14. The largest absolute Gasteiger partial charge is 0.327 e. The summed E-state index contributed by atoms with van der Waals surface area (Å²) in [5.41, 5.74) is 48.0. The van der Waals surface area contributed by atoms with Crippen LogP contribution in [0.25, 0.3) is 0 Å². The Labute approximate surface area is 434 Å². The molecule has 4 saturated heterocycles. The molecule has 16 atom stereocenters. The van der Waals surface area contributed by atoms with Gasteiger partial charge in [-0.3, -0.25) is 39.2 Å². The van der Waals surface area contributed by atoms with Gasteiger partial charge in [0, 0.05) is 199 Å². The molecule has 0 amide bonds. The normalized spacial score (nSPS) is 31.4. The number of nitrogens with two attached hydrogens (primary N) is 8. The van der Waals surface area contributed by atoms with Crippen molar-refractivity contribution in [1.82, 2.24) is 39.2 Å². The van der Waals surface area contributed by atoms with E-state index in [-0.39, 0.29) is 35.2 Å². The van der Waals surface area contributed by atoms with Crippen LogP contribution in [0.3, 0.4) is 0 Å². The quantitative estimate of drug-likeness (QED) is 0.0987. The molecule has 0 saturated carbocycles. The van der Waals surface area contributed by atoms with Crippen LogP contribution in [0.2, 0.25) is 0 Å². The zero-order valence-electron chi connectivity index (χ0n) is 49.7. The van der Waals surface area contributed by atoms with Crippen LogP contribution in [0.15, 0.2) is 0 Å². The van der Waals surface area contributed by atoms with E-state index < -0.39 is 0 Å². The van der Waals surface area contributed by atoms with Crippen molar-refractivity contribution >= 4 is 0 Å². The summed E-state index contributed by atoms with van der Waals surface area (Å²) in [6.07, 6.45) is 2.12. The first-order valence-corrected chi connectivity index (χ1v) is 28.2. The van der Waals surface area contributed by atoms with Crippen LogP contribution in [0, 0.1) is 0 Å². The van der Waals surface area contributed by atoms with E-state index in [0.717, 1.165) is 104 Å². The number of rotatable bonds is 18. The van der Waals surface area contributed by atoms with Crippen molar-refractivity contribution in [2.45, 2.75) is 259 Å². The van der Waals surface area contributed by atoms with Crippen molar-refractivity contribution < 1.29 is 0 Å². The van der Waals surface area contributed by atoms with Crippen LogP contribution in [0.5, 0.6) is 0 Å². The lowest BCUT2D eigenvalue weighted by Crippen LogP contribution is -2.65. The van der Waals surface area contributed by atoms with E-state index in [1.807, 2.05) is 0 Å². The van der Waals surface area contributed by atoms with Gasteiger partial charge >= 0.3 is 0 Å². The van der Waals surface area contributed by atoms with E-state index >= 15 is 0 Å². The first kappa shape index (κ1) is 67.4. The molecule has 4 rings (SSSR count). The zero-order valence-corrected chi connectivity index (χ0v) is 49.7. The first-order chi connectivity index (χ1) is 32.2. The summed E-state index contributed by atoms with van der Waals surface area (Å²) in [6, 6.07) is 6.85. The highest BCUT2D eigenvalue weighted by Gasteiger charge is 2.38. The van der Waals surface area contributed by atoms with Crippen molar-refractivity contribution in [3.8, 4) is 0 Å². The van der Waals surface area contributed by atoms with E-state index in [2.05, 4.69) is 178 Å². The Morgan fingerprint density at radius 3 is 0.814 bits per heavy atom. The van der Waals surface area contributed by atoms with Gasteiger partial charge in [0.05, 0.1) is 0 Å². The third-order valence-electron chi connectivity index (χ3n) is 16.8. The van der Waals surface area contributed by atoms with Crippen molar-refractivity contribution in [1.29, 1.82) is 0 Å². The second kappa shape index (κ2) is 31.4. The van der Waals surface area contributed by atoms with Crippen LogP contribution in [0.1, 0.15) is 151 Å². The molecule has 0 aromatic carbocycles. The molecular formula is C54H124N16. The predicted molar refractivity (Wildman–Crippen MR) is 305 cm³/mol. The smallest absolute Gasteiger partial charge is 0.0226 e. The summed E-state index contributed by atoms with van der Waals surface area (Å²) in [5.74, 6) is 0. The van der Waals surface area contributed by atoms with Crippen molar-refractivity contribution in [2.75, 3.05) is 91.6 Å². The van der Waals surface area contributed by atoms with Gasteiger partial charge in [0.1, 0.15) is 0 Å². The van der Waals surface area contributed by atoms with Gasteiger partial charge < -0.3 is 45.9 Å². The molecule has 0 radical (unpaired) electrons. The summed E-state index contributed by atoms with van der Waals surface area (Å²) < 4.78 is 0. The number of hydrogen-bond acceptors (Lipinski definition) is 16. The molecule has 16 unspecified atom stereocenters. The SMILES string of the molecule is CC(N)C(C)N1CCN(C(C)C(C)N)C(C)C1C.CC(N)CN1CCN(CC(C)N)C(C)C1C.CC1C(C)N(CC(C)(C)N)CCN1CC(C)(C)N.CCC(N)CN1CCN(CC(N)CC)C(C)C1C. The van der Waals surface area contributed by atoms with Gasteiger partial charge in [-0.2, -0.15) is 0 Å². The number of piperazine rings is 4. The molecule has 4 heterocycles. The minimum absolute atomic E-state index is 0.122. The minimum atomic E-state index is -0.122. The lowest BCUT2D eigenvalue weighted by atomic mass is 9.97. The maximum atomic E-state index is 6.14. The first-order valence-electron chi connectivity index (χ1n) is 28.2. The fourth-order valence-corrected chi connectivity index (χ4v) is 10.9. The molecule has 0 aliphatic carbocycles. The predicted octanol–water partition coefficient (Wildman–Crippen LogP) is 2.64. The molecule has 4 aliphatic rings.